The van der Waals surface area contributed by atoms with E-state index in [1.165, 1.54) is 5.56 Å². The molecule has 0 aliphatic heterocycles. The van der Waals surface area contributed by atoms with Crippen LogP contribution in [0.4, 0.5) is 0 Å². The largest absolute Gasteiger partial charge is 0.431 e. The topological polar surface area (TPSA) is 61.9 Å². The first-order valence-corrected chi connectivity index (χ1v) is 7.27. The Bertz CT molecular complexity index is 763. The molecule has 2 N–H and O–H groups in total. The Morgan fingerprint density at radius 2 is 1.68 bits per heavy atom. The van der Waals surface area contributed by atoms with E-state index in [0.29, 0.717) is 12.2 Å². The van der Waals surface area contributed by atoms with Gasteiger partial charge in [-0.1, -0.05) is 48.5 Å². The van der Waals surface area contributed by atoms with Crippen LogP contribution in [0.2, 0.25) is 0 Å². The molecule has 22 heavy (non-hydrogen) atoms. The Morgan fingerprint density at radius 3 is 2.41 bits per heavy atom. The zero-order chi connectivity index (χ0) is 15.2. The lowest BCUT2D eigenvalue weighted by Crippen LogP contribution is -2.41. The summed E-state index contributed by atoms with van der Waals surface area (Å²) in [5.74, 6) is 0. The minimum absolute atomic E-state index is 0.351. The number of rotatable bonds is 6. The molecule has 5 nitrogen and oxygen atoms in total. The van der Waals surface area contributed by atoms with Crippen molar-refractivity contribution in [2.24, 2.45) is 0 Å². The molecule has 0 aliphatic carbocycles. The minimum atomic E-state index is -0.351. The molecule has 0 radical (unpaired) electrons. The summed E-state index contributed by atoms with van der Waals surface area (Å²) in [5.41, 5.74) is 2.34. The second-order valence-electron chi connectivity index (χ2n) is 5.01. The van der Waals surface area contributed by atoms with Crippen LogP contribution in [-0.2, 0) is 13.0 Å². The molecule has 112 valence electrons. The fourth-order valence-electron chi connectivity index (χ4n) is 2.31. The maximum atomic E-state index is 11.8. The molecule has 0 saturated carbocycles. The lowest BCUT2D eigenvalue weighted by Gasteiger charge is -2.01. The van der Waals surface area contributed by atoms with Gasteiger partial charge in [-0.05, 0) is 28.5 Å². The van der Waals surface area contributed by atoms with Gasteiger partial charge in [-0.2, -0.15) is 0 Å². The molecular weight excluding hydrogens is 278 g/mol. The molecule has 0 amide bonds. The SMILES string of the molecule is O=c1o[nH][n+](-c2ccccc2)c1CNCCc1ccccc1. The van der Waals surface area contributed by atoms with Crippen LogP contribution in [0.15, 0.2) is 70.0 Å². The van der Waals surface area contributed by atoms with Crippen molar-refractivity contribution in [3.05, 3.63) is 82.3 Å². The van der Waals surface area contributed by atoms with E-state index in [-0.39, 0.29) is 5.63 Å². The second kappa shape index (κ2) is 6.87. The van der Waals surface area contributed by atoms with Crippen LogP contribution in [0.25, 0.3) is 5.69 Å². The highest BCUT2D eigenvalue weighted by molar-refractivity contribution is 5.21. The summed E-state index contributed by atoms with van der Waals surface area (Å²) < 4.78 is 6.57. The monoisotopic (exact) mass is 296 g/mol. The van der Waals surface area contributed by atoms with Gasteiger partial charge < -0.3 is 5.32 Å². The number of hydrogen-bond donors (Lipinski definition) is 2. The van der Waals surface area contributed by atoms with Crippen LogP contribution in [-0.4, -0.2) is 11.8 Å². The summed E-state index contributed by atoms with van der Waals surface area (Å²) in [6.07, 6.45) is 0.919. The van der Waals surface area contributed by atoms with Crippen molar-refractivity contribution in [2.75, 3.05) is 6.54 Å². The van der Waals surface area contributed by atoms with Crippen molar-refractivity contribution < 1.29 is 9.20 Å². The van der Waals surface area contributed by atoms with Gasteiger partial charge in [-0.3, -0.25) is 4.52 Å². The molecule has 0 spiro atoms. The number of nitrogens with one attached hydrogen (secondary N) is 2. The highest BCUT2D eigenvalue weighted by Gasteiger charge is 2.22. The molecule has 0 bridgehead atoms. The van der Waals surface area contributed by atoms with Gasteiger partial charge in [-0.15, -0.1) is 0 Å². The average molecular weight is 296 g/mol. The maximum absolute atomic E-state index is 11.8. The summed E-state index contributed by atoms with van der Waals surface area (Å²) >= 11 is 0. The van der Waals surface area contributed by atoms with Crippen molar-refractivity contribution in [1.29, 1.82) is 0 Å². The van der Waals surface area contributed by atoms with Gasteiger partial charge in [0.1, 0.15) is 0 Å². The zero-order valence-corrected chi connectivity index (χ0v) is 12.2. The maximum Gasteiger partial charge on any atom is 0.431 e. The highest BCUT2D eigenvalue weighted by atomic mass is 16.5. The molecule has 0 saturated heterocycles. The molecule has 3 aromatic rings. The van der Waals surface area contributed by atoms with E-state index >= 15 is 0 Å². The number of H-pyrrole nitrogens is 1. The fourth-order valence-corrected chi connectivity index (χ4v) is 2.31. The third-order valence-corrected chi connectivity index (χ3v) is 3.48. The van der Waals surface area contributed by atoms with E-state index in [1.807, 2.05) is 48.5 Å². The van der Waals surface area contributed by atoms with Gasteiger partial charge in [0.25, 0.3) is 0 Å². The lowest BCUT2D eigenvalue weighted by atomic mass is 10.1. The molecule has 1 aromatic heterocycles. The smallest absolute Gasteiger partial charge is 0.307 e. The first-order chi connectivity index (χ1) is 10.8. The molecule has 0 aliphatic rings. The summed E-state index contributed by atoms with van der Waals surface area (Å²) in [7, 11) is 0. The highest BCUT2D eigenvalue weighted by Crippen LogP contribution is 1.99. The predicted octanol–water partition coefficient (Wildman–Crippen LogP) is 1.58. The quantitative estimate of drug-likeness (QED) is 0.536. The summed E-state index contributed by atoms with van der Waals surface area (Å²) in [6, 6.07) is 19.8. The van der Waals surface area contributed by atoms with Crippen LogP contribution in [0.3, 0.4) is 0 Å². The van der Waals surface area contributed by atoms with Crippen LogP contribution in [0, 0.1) is 0 Å². The fraction of sp³-hybridized carbons (Fsp3) is 0.176. The van der Waals surface area contributed by atoms with E-state index in [9.17, 15) is 4.79 Å². The molecule has 3 rings (SSSR count). The van der Waals surface area contributed by atoms with Gasteiger partial charge in [-0.25, -0.2) is 4.79 Å². The van der Waals surface area contributed by atoms with E-state index in [1.54, 1.807) is 4.68 Å². The molecule has 1 heterocycles. The normalized spacial score (nSPS) is 10.7. The Balaban J connectivity index is 1.64. The van der Waals surface area contributed by atoms with Crippen molar-refractivity contribution in [2.45, 2.75) is 13.0 Å². The van der Waals surface area contributed by atoms with E-state index < -0.39 is 0 Å². The molecule has 2 aromatic carbocycles. The van der Waals surface area contributed by atoms with Gasteiger partial charge in [0.05, 0.1) is 6.54 Å². The number of para-hydroxylation sites is 1. The van der Waals surface area contributed by atoms with Crippen LogP contribution in [0.1, 0.15) is 11.3 Å². The van der Waals surface area contributed by atoms with Crippen molar-refractivity contribution >= 4 is 0 Å². The van der Waals surface area contributed by atoms with Crippen LogP contribution in [0.5, 0.6) is 0 Å². The zero-order valence-electron chi connectivity index (χ0n) is 12.2. The van der Waals surface area contributed by atoms with Crippen molar-refractivity contribution in [3.8, 4) is 5.69 Å². The average Bonchev–Trinajstić information content (AvgIpc) is 2.94. The van der Waals surface area contributed by atoms with E-state index in [2.05, 4.69) is 22.7 Å². The molecular formula is C17H18N3O2+. The lowest BCUT2D eigenvalue weighted by molar-refractivity contribution is -0.677. The third kappa shape index (κ3) is 3.32. The molecule has 0 fully saturated rings. The van der Waals surface area contributed by atoms with Crippen molar-refractivity contribution in [3.63, 3.8) is 0 Å². The summed E-state index contributed by atoms with van der Waals surface area (Å²) in [5, 5.41) is 5.92. The Labute approximate surface area is 128 Å². The van der Waals surface area contributed by atoms with Gasteiger partial charge in [0.2, 0.25) is 5.69 Å². The van der Waals surface area contributed by atoms with Crippen LogP contribution < -0.4 is 15.6 Å². The number of benzene rings is 2. The molecule has 0 unspecified atom stereocenters. The summed E-state index contributed by atoms with van der Waals surface area (Å²) in [4.78, 5) is 11.8. The van der Waals surface area contributed by atoms with E-state index in [0.717, 1.165) is 18.7 Å². The Kier molecular flexibility index (Phi) is 4.46. The predicted molar refractivity (Wildman–Crippen MR) is 82.7 cm³/mol. The van der Waals surface area contributed by atoms with Gasteiger partial charge in [0.15, 0.2) is 0 Å². The number of aromatic amines is 1. The standard InChI is InChI=1S/C17H17N3O2/c21-17-16(13-18-12-11-14-7-3-1-4-8-14)20(19-22-17)15-9-5-2-6-10-15/h1-10,18H,11-13H2/p+1. The van der Waals surface area contributed by atoms with Gasteiger partial charge in [0, 0.05) is 12.1 Å². The summed E-state index contributed by atoms with van der Waals surface area (Å²) in [6.45, 7) is 1.25. The first kappa shape index (κ1) is 14.3. The van der Waals surface area contributed by atoms with E-state index in [4.69, 9.17) is 4.52 Å². The number of nitrogens with zero attached hydrogens (tertiary/aromatic N) is 1. The number of aromatic nitrogens is 2. The Hall–Kier alpha value is -2.66. The molecule has 0 atom stereocenters. The molecule has 5 heteroatoms. The second-order valence-corrected chi connectivity index (χ2v) is 5.01. The van der Waals surface area contributed by atoms with Gasteiger partial charge >= 0.3 is 11.3 Å². The number of hydrogen-bond acceptors (Lipinski definition) is 3. The van der Waals surface area contributed by atoms with Crippen LogP contribution >= 0.6 is 0 Å². The third-order valence-electron chi connectivity index (χ3n) is 3.48. The first-order valence-electron chi connectivity index (χ1n) is 7.27. The minimum Gasteiger partial charge on any atom is -0.307 e. The Morgan fingerprint density at radius 1 is 1.00 bits per heavy atom. The van der Waals surface area contributed by atoms with Crippen molar-refractivity contribution in [1.82, 2.24) is 10.6 Å².